The number of nitrogens with two attached hydrogens (primary N) is 1. The minimum absolute atomic E-state index is 0. The van der Waals surface area contributed by atoms with E-state index in [0.717, 1.165) is 5.56 Å². The van der Waals surface area contributed by atoms with Crippen molar-refractivity contribution in [3.05, 3.63) is 76.3 Å². The largest absolute Gasteiger partial charge is 0.487 e. The van der Waals surface area contributed by atoms with Gasteiger partial charge in [0.15, 0.2) is 11.0 Å². The van der Waals surface area contributed by atoms with Crippen molar-refractivity contribution >= 4 is 41.5 Å². The maximum absolute atomic E-state index is 12.6. The molecule has 0 bridgehead atoms. The summed E-state index contributed by atoms with van der Waals surface area (Å²) in [5, 5.41) is 5.81. The monoisotopic (exact) mass is 477 g/mol. The van der Waals surface area contributed by atoms with Crippen molar-refractivity contribution in [1.82, 2.24) is 15.3 Å². The maximum Gasteiger partial charge on any atom is 0.291 e. The first kappa shape index (κ1) is 25.2. The molecule has 1 aromatic heterocycles. The lowest BCUT2D eigenvalue weighted by atomic mass is 10.1. The summed E-state index contributed by atoms with van der Waals surface area (Å²) >= 11 is 6.02. The number of nitrogens with one attached hydrogen (secondary N) is 3. The van der Waals surface area contributed by atoms with Gasteiger partial charge in [0.05, 0.1) is 11.4 Å². The Bertz CT molecular complexity index is 1070. The lowest BCUT2D eigenvalue weighted by molar-refractivity contribution is 0.0953. The maximum atomic E-state index is 12.6. The van der Waals surface area contributed by atoms with Crippen LogP contribution in [0.1, 0.15) is 39.2 Å². The van der Waals surface area contributed by atoms with Gasteiger partial charge in [0.2, 0.25) is 0 Å². The number of nitrogens with zero attached hydrogens (tertiary/aromatic N) is 1. The predicted molar refractivity (Wildman–Crippen MR) is 127 cm³/mol. The average molecular weight is 478 g/mol. The summed E-state index contributed by atoms with van der Waals surface area (Å²) in [4.78, 5) is 31.6. The molecule has 2 amide bonds. The van der Waals surface area contributed by atoms with E-state index in [-0.39, 0.29) is 35.9 Å². The number of aromatic amines is 1. The summed E-state index contributed by atoms with van der Waals surface area (Å²) in [6.45, 7) is 2.92. The minimum Gasteiger partial charge on any atom is -0.487 e. The van der Waals surface area contributed by atoms with Crippen molar-refractivity contribution in [2.24, 2.45) is 5.73 Å². The van der Waals surface area contributed by atoms with Crippen LogP contribution in [0.15, 0.2) is 48.5 Å². The molecule has 8 nitrogen and oxygen atoms in total. The fraction of sp³-hybridized carbons (Fsp3) is 0.227. The molecular formula is C22H25Cl2N5O3. The summed E-state index contributed by atoms with van der Waals surface area (Å²) in [6, 6.07) is 14.2. The molecule has 0 unspecified atom stereocenters. The molecular weight excluding hydrogens is 453 g/mol. The van der Waals surface area contributed by atoms with Crippen molar-refractivity contribution in [3.8, 4) is 5.75 Å². The fourth-order valence-electron chi connectivity index (χ4n) is 2.86. The number of anilines is 1. The van der Waals surface area contributed by atoms with E-state index in [1.165, 1.54) is 0 Å². The predicted octanol–water partition coefficient (Wildman–Crippen LogP) is 3.57. The Kier molecular flexibility index (Phi) is 9.52. The van der Waals surface area contributed by atoms with Gasteiger partial charge in [-0.1, -0.05) is 42.8 Å². The first-order valence-electron chi connectivity index (χ1n) is 9.86. The Morgan fingerprint density at radius 2 is 1.94 bits per heavy atom. The lowest BCUT2D eigenvalue weighted by Crippen LogP contribution is -2.29. The average Bonchev–Trinajstić information content (AvgIpc) is 3.18. The van der Waals surface area contributed by atoms with E-state index in [2.05, 4.69) is 20.6 Å². The molecule has 0 aliphatic carbocycles. The van der Waals surface area contributed by atoms with Gasteiger partial charge in [0.25, 0.3) is 11.8 Å². The zero-order valence-electron chi connectivity index (χ0n) is 17.5. The Labute approximate surface area is 197 Å². The molecule has 0 aliphatic rings. The highest BCUT2D eigenvalue weighted by Gasteiger charge is 2.16. The van der Waals surface area contributed by atoms with Gasteiger partial charge >= 0.3 is 0 Å². The highest BCUT2D eigenvalue weighted by molar-refractivity contribution is 6.30. The molecule has 0 atom stereocenters. The molecule has 10 heteroatoms. The number of para-hydroxylation sites is 2. The number of hydrogen-bond acceptors (Lipinski definition) is 5. The topological polar surface area (TPSA) is 122 Å². The highest BCUT2D eigenvalue weighted by atomic mass is 35.5. The second-order valence-electron chi connectivity index (χ2n) is 6.69. The number of amides is 2. The van der Waals surface area contributed by atoms with Gasteiger partial charge in [-0.2, -0.15) is 0 Å². The summed E-state index contributed by atoms with van der Waals surface area (Å²) in [5.74, 6) is 0.00907. The van der Waals surface area contributed by atoms with Crippen LogP contribution in [-0.4, -0.2) is 34.9 Å². The molecule has 1 heterocycles. The number of rotatable bonds is 9. The number of halogens is 2. The molecule has 170 valence electrons. The number of carbonyl (C=O) groups excluding carboxylic acids is 2. The molecule has 0 aliphatic heterocycles. The quantitative estimate of drug-likeness (QED) is 0.375. The smallest absolute Gasteiger partial charge is 0.291 e. The summed E-state index contributed by atoms with van der Waals surface area (Å²) in [6.07, 6.45) is 0.641. The minimum atomic E-state index is -0.420. The van der Waals surface area contributed by atoms with Crippen LogP contribution in [0.5, 0.6) is 5.75 Å². The molecule has 0 radical (unpaired) electrons. The van der Waals surface area contributed by atoms with E-state index >= 15 is 0 Å². The van der Waals surface area contributed by atoms with Crippen molar-refractivity contribution in [1.29, 1.82) is 0 Å². The third-order valence-electron chi connectivity index (χ3n) is 4.45. The standard InChI is InChI=1S/C22H24ClN5O3.ClH/c1-2-16-19(23)28-20(26-16)22(30)27-17-8-3-4-9-18(17)31-13-14-6-5-7-15(12-14)21(29)25-11-10-24;/h3-9,12H,2,10-11,13,24H2,1H3,(H,25,29)(H,26,28)(H,27,30);1H. The van der Waals surface area contributed by atoms with Crippen LogP contribution in [0.4, 0.5) is 5.69 Å². The number of carbonyl (C=O) groups is 2. The van der Waals surface area contributed by atoms with E-state index in [1.807, 2.05) is 13.0 Å². The second-order valence-corrected chi connectivity index (χ2v) is 7.05. The molecule has 5 N–H and O–H groups in total. The molecule has 3 rings (SSSR count). The van der Waals surface area contributed by atoms with Gasteiger partial charge in [0, 0.05) is 18.7 Å². The van der Waals surface area contributed by atoms with E-state index < -0.39 is 5.91 Å². The first-order valence-corrected chi connectivity index (χ1v) is 10.2. The van der Waals surface area contributed by atoms with E-state index in [4.69, 9.17) is 22.1 Å². The lowest BCUT2D eigenvalue weighted by Gasteiger charge is -2.12. The number of H-pyrrole nitrogens is 1. The summed E-state index contributed by atoms with van der Waals surface area (Å²) in [5.41, 5.74) is 7.95. The number of aryl methyl sites for hydroxylation is 1. The van der Waals surface area contributed by atoms with Crippen molar-refractivity contribution < 1.29 is 14.3 Å². The molecule has 0 fully saturated rings. The number of benzene rings is 2. The van der Waals surface area contributed by atoms with Crippen molar-refractivity contribution in [2.45, 2.75) is 20.0 Å². The fourth-order valence-corrected chi connectivity index (χ4v) is 3.12. The van der Waals surface area contributed by atoms with Crippen molar-refractivity contribution in [3.63, 3.8) is 0 Å². The van der Waals surface area contributed by atoms with Gasteiger partial charge in [-0.15, -0.1) is 12.4 Å². The van der Waals surface area contributed by atoms with Crippen LogP contribution in [0, 0.1) is 0 Å². The van der Waals surface area contributed by atoms with Crippen LogP contribution in [0.3, 0.4) is 0 Å². The van der Waals surface area contributed by atoms with Gasteiger partial charge in [0.1, 0.15) is 12.4 Å². The number of aromatic nitrogens is 2. The van der Waals surface area contributed by atoms with Gasteiger partial charge in [-0.25, -0.2) is 4.98 Å². The molecule has 3 aromatic rings. The second kappa shape index (κ2) is 12.1. The third-order valence-corrected chi connectivity index (χ3v) is 4.76. The van der Waals surface area contributed by atoms with Crippen LogP contribution in [0.2, 0.25) is 5.15 Å². The molecule has 0 saturated heterocycles. The van der Waals surface area contributed by atoms with Gasteiger partial charge in [-0.3, -0.25) is 9.59 Å². The van der Waals surface area contributed by atoms with Crippen molar-refractivity contribution in [2.75, 3.05) is 18.4 Å². The first-order chi connectivity index (χ1) is 15.0. The number of imidazole rings is 1. The third kappa shape index (κ3) is 6.46. The Hall–Kier alpha value is -3.07. The van der Waals surface area contributed by atoms with Crippen LogP contribution in [0.25, 0.3) is 0 Å². The highest BCUT2D eigenvalue weighted by Crippen LogP contribution is 2.25. The molecule has 2 aromatic carbocycles. The molecule has 0 spiro atoms. The molecule has 0 saturated carbocycles. The SMILES string of the molecule is CCc1[nH]c(C(=O)Nc2ccccc2OCc2cccc(C(=O)NCCN)c2)nc1Cl.Cl. The van der Waals surface area contributed by atoms with Gasteiger partial charge < -0.3 is 26.1 Å². The summed E-state index contributed by atoms with van der Waals surface area (Å²) in [7, 11) is 0. The van der Waals surface area contributed by atoms with E-state index in [1.54, 1.807) is 42.5 Å². The Balaban J connectivity index is 0.00000363. The van der Waals surface area contributed by atoms with Crippen LogP contribution in [-0.2, 0) is 13.0 Å². The zero-order valence-corrected chi connectivity index (χ0v) is 19.1. The number of hydrogen-bond donors (Lipinski definition) is 4. The van der Waals surface area contributed by atoms with Gasteiger partial charge in [-0.05, 0) is 36.2 Å². The Morgan fingerprint density at radius 1 is 1.16 bits per heavy atom. The van der Waals surface area contributed by atoms with Crippen LogP contribution >= 0.6 is 24.0 Å². The number of ether oxygens (including phenoxy) is 1. The summed E-state index contributed by atoms with van der Waals surface area (Å²) < 4.78 is 5.90. The molecule has 32 heavy (non-hydrogen) atoms. The van der Waals surface area contributed by atoms with Crippen LogP contribution < -0.4 is 21.1 Å². The van der Waals surface area contributed by atoms with E-state index in [0.29, 0.717) is 42.2 Å². The normalized spacial score (nSPS) is 10.2. The van der Waals surface area contributed by atoms with E-state index in [9.17, 15) is 9.59 Å². The zero-order chi connectivity index (χ0) is 22.2. The Morgan fingerprint density at radius 3 is 2.66 bits per heavy atom.